The van der Waals surface area contributed by atoms with E-state index in [1.54, 1.807) is 0 Å². The third-order valence-electron chi connectivity index (χ3n) is 6.53. The van der Waals surface area contributed by atoms with Crippen LogP contribution < -0.4 is 10.6 Å². The second-order valence-corrected chi connectivity index (χ2v) is 9.61. The Morgan fingerprint density at radius 3 is 1.77 bits per heavy atom. The highest BCUT2D eigenvalue weighted by molar-refractivity contribution is 5.90. The molecule has 0 aliphatic carbocycles. The molecule has 0 aromatic rings. The number of likely N-dealkylation sites (tertiary alicyclic amines) is 1. The van der Waals surface area contributed by atoms with E-state index in [2.05, 4.69) is 24.6 Å². The molecule has 0 aromatic heterocycles. The predicted molar refractivity (Wildman–Crippen MR) is 128 cm³/mol. The first-order valence-electron chi connectivity index (χ1n) is 13.1. The van der Waals surface area contributed by atoms with Crippen LogP contribution in [0.15, 0.2) is 0 Å². The molecule has 3 amide bonds. The van der Waals surface area contributed by atoms with Crippen LogP contribution in [0.3, 0.4) is 0 Å². The van der Waals surface area contributed by atoms with Gasteiger partial charge < -0.3 is 14.5 Å². The Bertz CT molecular complexity index is 465. The standard InChI is InChI=1S/C25H49N3O3/c1-3-4-5-6-7-8-9-10-11-12-13-14-15-18-23-31-25(30)27-24(29)26-19-22-28(2)20-16-17-21-28/h3-23H2,1-2H3,(H-,26,27,29,30)/p+1. The number of alkyl carbamates (subject to hydrolysis) is 1. The van der Waals surface area contributed by atoms with Crippen LogP contribution in [0.25, 0.3) is 0 Å². The van der Waals surface area contributed by atoms with Crippen molar-refractivity contribution in [1.82, 2.24) is 10.6 Å². The van der Waals surface area contributed by atoms with Crippen molar-refractivity contribution in [3.05, 3.63) is 0 Å². The zero-order valence-corrected chi connectivity index (χ0v) is 20.5. The van der Waals surface area contributed by atoms with E-state index in [9.17, 15) is 9.59 Å². The summed E-state index contributed by atoms with van der Waals surface area (Å²) in [5.74, 6) is 0. The maximum atomic E-state index is 11.8. The fourth-order valence-corrected chi connectivity index (χ4v) is 4.40. The van der Waals surface area contributed by atoms with Gasteiger partial charge in [-0.3, -0.25) is 0 Å². The Hall–Kier alpha value is -1.30. The van der Waals surface area contributed by atoms with Crippen LogP contribution in [0.4, 0.5) is 9.59 Å². The lowest BCUT2D eigenvalue weighted by Crippen LogP contribution is -2.48. The smallest absolute Gasteiger partial charge is 0.415 e. The molecule has 2 N–H and O–H groups in total. The highest BCUT2D eigenvalue weighted by Crippen LogP contribution is 2.15. The van der Waals surface area contributed by atoms with E-state index in [4.69, 9.17) is 4.74 Å². The van der Waals surface area contributed by atoms with Gasteiger partial charge in [-0.05, 0) is 6.42 Å². The minimum Gasteiger partial charge on any atom is -0.449 e. The van der Waals surface area contributed by atoms with E-state index in [1.165, 1.54) is 103 Å². The van der Waals surface area contributed by atoms with Crippen molar-refractivity contribution in [2.45, 2.75) is 110 Å². The van der Waals surface area contributed by atoms with Gasteiger partial charge >= 0.3 is 12.1 Å². The second-order valence-electron chi connectivity index (χ2n) is 9.61. The molecule has 0 atom stereocenters. The first-order valence-corrected chi connectivity index (χ1v) is 13.1. The van der Waals surface area contributed by atoms with Gasteiger partial charge in [-0.1, -0.05) is 90.4 Å². The van der Waals surface area contributed by atoms with Gasteiger partial charge in [0.25, 0.3) is 0 Å². The Labute approximate surface area is 191 Å². The number of nitrogens with one attached hydrogen (secondary N) is 2. The number of amides is 3. The number of urea groups is 1. The predicted octanol–water partition coefficient (Wildman–Crippen LogP) is 6.14. The van der Waals surface area contributed by atoms with E-state index in [-0.39, 0.29) is 0 Å². The molecule has 0 bridgehead atoms. The monoisotopic (exact) mass is 440 g/mol. The molecule has 0 radical (unpaired) electrons. The van der Waals surface area contributed by atoms with Gasteiger partial charge in [0.15, 0.2) is 0 Å². The third kappa shape index (κ3) is 16.1. The number of nitrogens with zero attached hydrogens (tertiary/aromatic N) is 1. The molecule has 31 heavy (non-hydrogen) atoms. The Morgan fingerprint density at radius 2 is 1.26 bits per heavy atom. The number of hydrogen-bond donors (Lipinski definition) is 2. The van der Waals surface area contributed by atoms with Crippen LogP contribution >= 0.6 is 0 Å². The van der Waals surface area contributed by atoms with Crippen molar-refractivity contribution in [3.63, 3.8) is 0 Å². The maximum absolute atomic E-state index is 11.8. The number of imide groups is 1. The molecule has 182 valence electrons. The summed E-state index contributed by atoms with van der Waals surface area (Å²) in [6.07, 6.45) is 20.1. The fourth-order valence-electron chi connectivity index (χ4n) is 4.40. The topological polar surface area (TPSA) is 67.4 Å². The lowest BCUT2D eigenvalue weighted by Gasteiger charge is -2.29. The first kappa shape index (κ1) is 27.7. The Morgan fingerprint density at radius 1 is 0.774 bits per heavy atom. The van der Waals surface area contributed by atoms with Gasteiger partial charge in [-0.2, -0.15) is 0 Å². The van der Waals surface area contributed by atoms with Crippen molar-refractivity contribution < 1.29 is 18.8 Å². The molecule has 1 rings (SSSR count). The molecule has 1 heterocycles. The summed E-state index contributed by atoms with van der Waals surface area (Å²) < 4.78 is 6.11. The van der Waals surface area contributed by atoms with Crippen molar-refractivity contribution in [1.29, 1.82) is 0 Å². The van der Waals surface area contributed by atoms with Gasteiger partial charge in [-0.25, -0.2) is 14.9 Å². The Kier molecular flexibility index (Phi) is 16.4. The molecular formula is C25H50N3O3+. The lowest BCUT2D eigenvalue weighted by molar-refractivity contribution is -0.896. The molecule has 1 fully saturated rings. The van der Waals surface area contributed by atoms with Crippen LogP contribution in [0.1, 0.15) is 110 Å². The number of likely N-dealkylation sites (N-methyl/N-ethyl adjacent to an activating group) is 1. The van der Waals surface area contributed by atoms with Crippen LogP contribution in [-0.2, 0) is 4.74 Å². The third-order valence-corrected chi connectivity index (χ3v) is 6.53. The van der Waals surface area contributed by atoms with Crippen molar-refractivity contribution in [2.24, 2.45) is 0 Å². The second kappa shape index (κ2) is 18.3. The van der Waals surface area contributed by atoms with Crippen molar-refractivity contribution in [2.75, 3.05) is 39.8 Å². The SMILES string of the molecule is CCCCCCCCCCCCCCCCOC(=O)NC(=O)NCC[N+]1(C)CCCC1. The van der Waals surface area contributed by atoms with E-state index < -0.39 is 12.1 Å². The Balaban J connectivity index is 1.81. The zero-order chi connectivity index (χ0) is 22.6. The summed E-state index contributed by atoms with van der Waals surface area (Å²) in [6, 6.07) is -0.461. The van der Waals surface area contributed by atoms with Gasteiger partial charge in [0.1, 0.15) is 0 Å². The largest absolute Gasteiger partial charge is 0.449 e. The van der Waals surface area contributed by atoms with Gasteiger partial charge in [0, 0.05) is 12.8 Å². The summed E-state index contributed by atoms with van der Waals surface area (Å²) in [4.78, 5) is 23.4. The average Bonchev–Trinajstić information content (AvgIpc) is 3.17. The van der Waals surface area contributed by atoms with Crippen LogP contribution in [-0.4, -0.2) is 56.4 Å². The van der Waals surface area contributed by atoms with E-state index >= 15 is 0 Å². The summed E-state index contributed by atoms with van der Waals surface area (Å²) in [6.45, 7) is 6.47. The maximum Gasteiger partial charge on any atom is 0.415 e. The van der Waals surface area contributed by atoms with E-state index in [0.29, 0.717) is 13.2 Å². The molecule has 1 saturated heterocycles. The highest BCUT2D eigenvalue weighted by atomic mass is 16.5. The highest BCUT2D eigenvalue weighted by Gasteiger charge is 2.26. The number of ether oxygens (including phenoxy) is 1. The number of quaternary nitrogens is 1. The fraction of sp³-hybridized carbons (Fsp3) is 0.920. The number of carbonyl (C=O) groups is 2. The van der Waals surface area contributed by atoms with E-state index in [0.717, 1.165) is 23.9 Å². The molecule has 0 saturated carbocycles. The van der Waals surface area contributed by atoms with Crippen molar-refractivity contribution in [3.8, 4) is 0 Å². The average molecular weight is 441 g/mol. The summed E-state index contributed by atoms with van der Waals surface area (Å²) >= 11 is 0. The molecule has 1 aliphatic heterocycles. The number of carbonyl (C=O) groups excluding carboxylic acids is 2. The summed E-state index contributed by atoms with van der Waals surface area (Å²) in [7, 11) is 2.22. The minimum atomic E-state index is -0.645. The number of hydrogen-bond acceptors (Lipinski definition) is 3. The van der Waals surface area contributed by atoms with Gasteiger partial charge in [-0.15, -0.1) is 0 Å². The van der Waals surface area contributed by atoms with Gasteiger partial charge in [0.2, 0.25) is 0 Å². The van der Waals surface area contributed by atoms with Crippen LogP contribution in [0, 0.1) is 0 Å². The van der Waals surface area contributed by atoms with Crippen LogP contribution in [0.5, 0.6) is 0 Å². The molecular weight excluding hydrogens is 390 g/mol. The summed E-state index contributed by atoms with van der Waals surface area (Å²) in [5.41, 5.74) is 0. The number of rotatable bonds is 18. The molecule has 0 aromatic carbocycles. The molecule has 1 aliphatic rings. The summed E-state index contributed by atoms with van der Waals surface area (Å²) in [5, 5.41) is 5.00. The molecule has 0 spiro atoms. The number of unbranched alkanes of at least 4 members (excludes halogenated alkanes) is 13. The van der Waals surface area contributed by atoms with Crippen LogP contribution in [0.2, 0.25) is 0 Å². The lowest BCUT2D eigenvalue weighted by atomic mass is 10.0. The first-order chi connectivity index (χ1) is 15.1. The normalized spacial score (nSPS) is 15.0. The minimum absolute atomic E-state index is 0.381. The molecule has 0 unspecified atom stereocenters. The van der Waals surface area contributed by atoms with Gasteiger partial charge in [0.05, 0.1) is 39.8 Å². The molecule has 6 nitrogen and oxygen atoms in total. The zero-order valence-electron chi connectivity index (χ0n) is 20.5. The quantitative estimate of drug-likeness (QED) is 0.199. The van der Waals surface area contributed by atoms with Crippen molar-refractivity contribution >= 4 is 12.1 Å². The van der Waals surface area contributed by atoms with E-state index in [1.807, 2.05) is 0 Å². The molecule has 6 heteroatoms.